The average Bonchev–Trinajstić information content (AvgIpc) is 2.65. The lowest BCUT2D eigenvalue weighted by molar-refractivity contribution is 0.286. The van der Waals surface area contributed by atoms with Crippen molar-refractivity contribution in [3.8, 4) is 0 Å². The summed E-state index contributed by atoms with van der Waals surface area (Å²) >= 11 is 5.32. The number of halogens is 1. The molecule has 0 radical (unpaired) electrons. The molecule has 84 valence electrons. The van der Waals surface area contributed by atoms with E-state index in [2.05, 4.69) is 11.6 Å². The second-order valence-electron chi connectivity index (χ2n) is 4.11. The molecule has 0 heterocycles. The largest absolute Gasteiger partial charge is 0.225 e. The molecule has 1 rings (SSSR count). The van der Waals surface area contributed by atoms with Gasteiger partial charge in [-0.25, -0.2) is 13.1 Å². The lowest BCUT2D eigenvalue weighted by atomic mass is 9.84. The number of alkyl halides is 1. The molecule has 0 bridgehead atoms. The molecule has 0 unspecified atom stereocenters. The van der Waals surface area contributed by atoms with E-state index in [9.17, 15) is 8.42 Å². The fourth-order valence-corrected chi connectivity index (χ4v) is 2.92. The molecule has 0 saturated heterocycles. The molecule has 0 aromatic carbocycles. The molecule has 1 fully saturated rings. The van der Waals surface area contributed by atoms with Crippen LogP contribution in [0.3, 0.4) is 0 Å². The molecule has 1 aliphatic carbocycles. The lowest BCUT2D eigenvalue weighted by Gasteiger charge is -2.27. The van der Waals surface area contributed by atoms with E-state index in [1.54, 1.807) is 0 Å². The minimum atomic E-state index is -3.24. The summed E-state index contributed by atoms with van der Waals surface area (Å²) in [5.41, 5.74) is 0.194. The van der Waals surface area contributed by atoms with Crippen LogP contribution in [-0.4, -0.2) is 20.2 Å². The highest BCUT2D eigenvalue weighted by molar-refractivity contribution is 7.90. The molecule has 1 aliphatic rings. The van der Waals surface area contributed by atoms with Gasteiger partial charge in [-0.2, -0.15) is 0 Å². The maximum Gasteiger partial charge on any atom is 0.225 e. The molecule has 0 aromatic rings. The van der Waals surface area contributed by atoms with Crippen molar-refractivity contribution in [1.29, 1.82) is 0 Å². The van der Waals surface area contributed by atoms with E-state index in [4.69, 9.17) is 11.6 Å². The fourth-order valence-electron chi connectivity index (χ4n) is 2.08. The summed E-state index contributed by atoms with van der Waals surface area (Å²) in [6.07, 6.45) is 5.74. The van der Waals surface area contributed by atoms with Gasteiger partial charge in [0.25, 0.3) is 0 Å². The summed E-state index contributed by atoms with van der Waals surface area (Å²) < 4.78 is 24.9. The maximum atomic E-state index is 11.2. The van der Waals surface area contributed by atoms with E-state index in [1.165, 1.54) is 12.8 Å². The van der Waals surface area contributed by atoms with Gasteiger partial charge in [-0.15, -0.1) is 11.6 Å². The second kappa shape index (κ2) is 4.81. The van der Waals surface area contributed by atoms with Gasteiger partial charge in [-0.1, -0.05) is 19.8 Å². The third-order valence-corrected chi connectivity index (χ3v) is 4.96. The van der Waals surface area contributed by atoms with Crippen molar-refractivity contribution in [2.24, 2.45) is 5.41 Å². The predicted molar refractivity (Wildman–Crippen MR) is 58.8 cm³/mol. The summed E-state index contributed by atoms with van der Waals surface area (Å²) in [5.74, 6) is 0. The summed E-state index contributed by atoms with van der Waals surface area (Å²) in [6, 6.07) is 0. The number of sulfonamides is 1. The van der Waals surface area contributed by atoms with Crippen LogP contribution >= 0.6 is 11.6 Å². The monoisotopic (exact) mass is 239 g/mol. The molecule has 1 N–H and O–H groups in total. The zero-order chi connectivity index (χ0) is 10.7. The Morgan fingerprint density at radius 2 is 1.93 bits per heavy atom. The highest BCUT2D eigenvalue weighted by Crippen LogP contribution is 2.40. The first kappa shape index (κ1) is 12.3. The van der Waals surface area contributed by atoms with E-state index in [0.29, 0.717) is 6.54 Å². The quantitative estimate of drug-likeness (QED) is 0.747. The van der Waals surface area contributed by atoms with Crippen molar-refractivity contribution in [1.82, 2.24) is 4.72 Å². The molecule has 0 aliphatic heterocycles. The van der Waals surface area contributed by atoms with Gasteiger partial charge in [0.15, 0.2) is 0 Å². The Labute approximate surface area is 91.3 Å². The molecule has 3 nitrogen and oxygen atoms in total. The van der Waals surface area contributed by atoms with Crippen molar-refractivity contribution in [3.63, 3.8) is 0 Å². The van der Waals surface area contributed by atoms with Crippen LogP contribution in [0.25, 0.3) is 0 Å². The Morgan fingerprint density at radius 3 is 2.36 bits per heavy atom. The van der Waals surface area contributed by atoms with Crippen molar-refractivity contribution < 1.29 is 8.42 Å². The Morgan fingerprint density at radius 1 is 1.36 bits per heavy atom. The van der Waals surface area contributed by atoms with Gasteiger partial charge >= 0.3 is 0 Å². The van der Waals surface area contributed by atoms with Crippen LogP contribution in [0, 0.1) is 5.41 Å². The molecular formula is C9H18ClNO2S. The minimum Gasteiger partial charge on any atom is -0.214 e. The van der Waals surface area contributed by atoms with Crippen LogP contribution in [-0.2, 0) is 10.0 Å². The van der Waals surface area contributed by atoms with Crippen LogP contribution in [0.4, 0.5) is 0 Å². The summed E-state index contributed by atoms with van der Waals surface area (Å²) in [6.45, 7) is 2.68. The Bertz CT molecular complexity index is 271. The van der Waals surface area contributed by atoms with Gasteiger partial charge in [0.05, 0.1) is 0 Å². The van der Waals surface area contributed by atoms with Crippen LogP contribution in [0.2, 0.25) is 0 Å². The van der Waals surface area contributed by atoms with E-state index >= 15 is 0 Å². The number of nitrogens with one attached hydrogen (secondary N) is 1. The molecule has 5 heteroatoms. The van der Waals surface area contributed by atoms with Crippen LogP contribution in [0.1, 0.15) is 39.0 Å². The Kier molecular flexibility index (Phi) is 4.22. The number of rotatable bonds is 5. The van der Waals surface area contributed by atoms with E-state index in [0.717, 1.165) is 19.3 Å². The first-order valence-corrected chi connectivity index (χ1v) is 7.26. The normalized spacial score (nSPS) is 21.3. The number of hydrogen-bond donors (Lipinski definition) is 1. The Hall–Kier alpha value is 0.200. The summed E-state index contributed by atoms with van der Waals surface area (Å²) in [4.78, 5) is 0. The maximum absolute atomic E-state index is 11.2. The molecule has 0 aromatic heterocycles. The third-order valence-electron chi connectivity index (χ3n) is 3.22. The topological polar surface area (TPSA) is 46.2 Å². The van der Waals surface area contributed by atoms with Crippen molar-refractivity contribution in [2.75, 3.05) is 11.8 Å². The third kappa shape index (κ3) is 3.11. The highest BCUT2D eigenvalue weighted by Gasteiger charge is 2.32. The first-order valence-electron chi connectivity index (χ1n) is 5.07. The van der Waals surface area contributed by atoms with Crippen molar-refractivity contribution in [2.45, 2.75) is 39.0 Å². The van der Waals surface area contributed by atoms with E-state index < -0.39 is 10.0 Å². The van der Waals surface area contributed by atoms with Gasteiger partial charge in [0, 0.05) is 6.54 Å². The van der Waals surface area contributed by atoms with Crippen molar-refractivity contribution in [3.05, 3.63) is 0 Å². The molecule has 0 amide bonds. The van der Waals surface area contributed by atoms with Gasteiger partial charge in [-0.05, 0) is 24.7 Å². The smallest absolute Gasteiger partial charge is 0.214 e. The van der Waals surface area contributed by atoms with Crippen LogP contribution < -0.4 is 4.72 Å². The zero-order valence-electron chi connectivity index (χ0n) is 8.55. The Balaban J connectivity index is 2.50. The van der Waals surface area contributed by atoms with Gasteiger partial charge < -0.3 is 0 Å². The standard InChI is InChI=1S/C9H18ClNO2S/c1-2-9(5-3-4-6-9)7-11-14(12,13)8-10/h11H,2-8H2,1H3. The van der Waals surface area contributed by atoms with Gasteiger partial charge in [-0.3, -0.25) is 0 Å². The molecule has 0 atom stereocenters. The lowest BCUT2D eigenvalue weighted by Crippen LogP contribution is -2.36. The molecule has 14 heavy (non-hydrogen) atoms. The molecular weight excluding hydrogens is 222 g/mol. The first-order chi connectivity index (χ1) is 6.54. The fraction of sp³-hybridized carbons (Fsp3) is 1.00. The van der Waals surface area contributed by atoms with Crippen molar-refractivity contribution >= 4 is 21.6 Å². The van der Waals surface area contributed by atoms with Gasteiger partial charge in [0.1, 0.15) is 5.21 Å². The van der Waals surface area contributed by atoms with E-state index in [1.807, 2.05) is 0 Å². The van der Waals surface area contributed by atoms with Crippen LogP contribution in [0.15, 0.2) is 0 Å². The molecule has 1 saturated carbocycles. The zero-order valence-corrected chi connectivity index (χ0v) is 10.1. The van der Waals surface area contributed by atoms with Gasteiger partial charge in [0.2, 0.25) is 10.0 Å². The highest BCUT2D eigenvalue weighted by atomic mass is 35.5. The van der Waals surface area contributed by atoms with Crippen LogP contribution in [0.5, 0.6) is 0 Å². The minimum absolute atomic E-state index is 0.194. The summed E-state index contributed by atoms with van der Waals surface area (Å²) in [7, 11) is -3.24. The predicted octanol–water partition coefficient (Wildman–Crippen LogP) is 2.07. The number of hydrogen-bond acceptors (Lipinski definition) is 2. The second-order valence-corrected chi connectivity index (χ2v) is 6.50. The molecule has 0 spiro atoms. The average molecular weight is 240 g/mol. The summed E-state index contributed by atoms with van der Waals surface area (Å²) in [5, 5.41) is -0.340. The SMILES string of the molecule is CCC1(CNS(=O)(=O)CCl)CCCC1. The van der Waals surface area contributed by atoms with E-state index in [-0.39, 0.29) is 10.6 Å².